The van der Waals surface area contributed by atoms with Crippen molar-refractivity contribution in [3.05, 3.63) is 221 Å². The van der Waals surface area contributed by atoms with E-state index in [1.54, 1.807) is 96.1 Å². The van der Waals surface area contributed by atoms with Gasteiger partial charge in [-0.3, -0.25) is 37.1 Å². The Morgan fingerprint density at radius 2 is 0.730 bits per heavy atom. The van der Waals surface area contributed by atoms with Gasteiger partial charge in [-0.25, -0.2) is 19.2 Å². The number of aliphatic hydroxyl groups is 4. The molecule has 6 aromatic carbocycles. The summed E-state index contributed by atoms with van der Waals surface area (Å²) in [5.74, 6) is -2.77. The molecule has 0 bridgehead atoms. The molecule has 4 unspecified atom stereocenters. The standard InChI is InChI=1S/2C16H18O6.2C12H10O5.2C11H16O4S.2CH2O3.4K.2H/c1-3-10(17)9-21-11-5-6-14-12(7-11)13(18)8-15(22-14)16(19)20-4-2;1-3-10(17)9-21-12-6-5-7-13-15(12)11(18)8-14(22-13)16(19)20-4-2;1-2-16-12(15)11-6-9(14)8-5-7(13)3-4-10(8)17-11;1-2-16-12(15)10-6-8(14)11-7(13)4-3-5-9(11)17-10;2*1-3-10(12)8-15-16(13,14)11-6-4-9(2)5-7-11;2*2-1-4-3;;;;;;/h2*5-8,10,17H,3-4,9H2,1-2H3;2*3-6,13H,2H2,1H3;2*4-7,10,12H,3,8H2,1-2H3;2*1,3H;;;;;;/q;;;;;;;;4*+1;2*-1/p-2. The molecule has 0 aliphatic rings. The van der Waals surface area contributed by atoms with Gasteiger partial charge in [0.25, 0.3) is 33.2 Å². The van der Waals surface area contributed by atoms with Crippen molar-refractivity contribution < 1.29 is 359 Å². The summed E-state index contributed by atoms with van der Waals surface area (Å²) in [6.45, 7) is 17.8. The number of phenolic OH excluding ortho intramolecular Hbond substituents is 2. The number of hydrogen-bond donors (Lipinski definition) is 6. The van der Waals surface area contributed by atoms with E-state index in [2.05, 4.69) is 9.78 Å². The number of carbonyl (C=O) groups is 6. The number of carbonyl (C=O) groups excluding carboxylic acids is 6. The molecule has 122 heavy (non-hydrogen) atoms. The van der Waals surface area contributed by atoms with Gasteiger partial charge in [-0.1, -0.05) is 75.2 Å². The van der Waals surface area contributed by atoms with Crippen molar-refractivity contribution in [3.63, 3.8) is 0 Å². The molecular formula is C80H92K4O36S2. The molecule has 0 aliphatic heterocycles. The van der Waals surface area contributed by atoms with Gasteiger partial charge in [0.1, 0.15) is 69.3 Å². The normalized spacial score (nSPS) is 11.2. The number of phenols is 2. The van der Waals surface area contributed by atoms with Crippen LogP contribution in [0, 0.1) is 13.8 Å². The summed E-state index contributed by atoms with van der Waals surface area (Å²) in [5, 5.41) is 73.9. The van der Waals surface area contributed by atoms with E-state index in [1.165, 1.54) is 66.7 Å². The van der Waals surface area contributed by atoms with Crippen molar-refractivity contribution in [2.45, 2.75) is 129 Å². The van der Waals surface area contributed by atoms with Gasteiger partial charge in [0, 0.05) is 24.3 Å². The minimum atomic E-state index is -3.74. The van der Waals surface area contributed by atoms with Crippen molar-refractivity contribution in [1.82, 2.24) is 0 Å². The minimum Gasteiger partial charge on any atom is -1.00 e. The van der Waals surface area contributed by atoms with Gasteiger partial charge in [-0.15, -0.1) is 0 Å². The molecule has 42 heteroatoms. The maximum atomic E-state index is 12.2. The smallest absolute Gasteiger partial charge is 1.00 e. The summed E-state index contributed by atoms with van der Waals surface area (Å²) in [6.07, 6.45) is -0.613. The molecule has 4 aromatic heterocycles. The Morgan fingerprint density at radius 3 is 1.10 bits per heavy atom. The molecule has 0 fully saturated rings. The van der Waals surface area contributed by atoms with Gasteiger partial charge >= 0.3 is 229 Å². The number of hydrogen-bond acceptors (Lipinski definition) is 36. The number of benzene rings is 6. The van der Waals surface area contributed by atoms with E-state index in [0.29, 0.717) is 42.6 Å². The number of aryl methyl sites for hydroxylation is 2. The SMILES string of the molecule is CCC(O)COS(=O)(=O)c1ccc(C)cc1.CCC(O)COS(=O)(=O)c1ccc(C)cc1.CCOC(=O)c1cc(=O)c2c(O)cccc2o1.CCOC(=O)c1cc(=O)c2c(OCC(O)CC)cccc2o1.CCOC(=O)c1cc(=O)c2cc(O)ccc2o1.CCOC(=O)c1cc(=O)c2cc(OCC(O)CC)ccc2o1.O=CO[O-].O=CO[O-].[H-].[H-].[K+].[K+].[K+].[K+]. The van der Waals surface area contributed by atoms with Gasteiger partial charge in [0.2, 0.25) is 23.0 Å². The number of esters is 4. The van der Waals surface area contributed by atoms with Crippen LogP contribution in [0.25, 0.3) is 43.9 Å². The van der Waals surface area contributed by atoms with Crippen LogP contribution in [-0.2, 0) is 66.9 Å². The summed E-state index contributed by atoms with van der Waals surface area (Å²) < 4.78 is 107. The molecule has 36 nitrogen and oxygen atoms in total. The van der Waals surface area contributed by atoms with Crippen LogP contribution in [-0.4, -0.2) is 162 Å². The van der Waals surface area contributed by atoms with E-state index in [1.807, 2.05) is 27.7 Å². The zero-order valence-electron chi connectivity index (χ0n) is 71.6. The van der Waals surface area contributed by atoms with Crippen molar-refractivity contribution in [2.24, 2.45) is 0 Å². The van der Waals surface area contributed by atoms with Crippen LogP contribution in [0.2, 0.25) is 0 Å². The third-order valence-electron chi connectivity index (χ3n) is 15.1. The Morgan fingerprint density at radius 1 is 0.410 bits per heavy atom. The molecule has 0 amide bonds. The Bertz CT molecular complexity index is 5310. The molecule has 10 rings (SSSR count). The van der Waals surface area contributed by atoms with Gasteiger partial charge in [0.05, 0.1) is 84.6 Å². The summed E-state index contributed by atoms with van der Waals surface area (Å²) in [4.78, 5) is 117. The fourth-order valence-corrected chi connectivity index (χ4v) is 10.7. The maximum absolute atomic E-state index is 12.2. The Balaban J connectivity index is -0.000000680. The Kier molecular flexibility index (Phi) is 61.4. The predicted octanol–water partition coefficient (Wildman–Crippen LogP) is -4.36. The first-order chi connectivity index (χ1) is 56.1. The van der Waals surface area contributed by atoms with Crippen molar-refractivity contribution in [2.75, 3.05) is 52.9 Å². The maximum Gasteiger partial charge on any atom is 1.00 e. The summed E-state index contributed by atoms with van der Waals surface area (Å²) in [5.41, 5.74) is 1.23. The monoisotopic (exact) mass is 1850 g/mol. The number of ether oxygens (including phenoxy) is 6. The molecule has 10 aromatic rings. The third-order valence-corrected chi connectivity index (χ3v) is 17.6. The molecular weight excluding hydrogens is 1760 g/mol. The molecule has 644 valence electrons. The average Bonchev–Trinajstić information content (AvgIpc) is 0.798. The quantitative estimate of drug-likeness (QED) is 0.00513. The first kappa shape index (κ1) is 118. The van der Waals surface area contributed by atoms with Crippen molar-refractivity contribution in [1.29, 1.82) is 0 Å². The van der Waals surface area contributed by atoms with Crippen LogP contribution in [0.5, 0.6) is 23.0 Å². The fourth-order valence-electron chi connectivity index (χ4n) is 8.80. The van der Waals surface area contributed by atoms with Gasteiger partial charge < -0.3 is 99.9 Å². The zero-order chi connectivity index (χ0) is 88.2. The van der Waals surface area contributed by atoms with Crippen LogP contribution >= 0.6 is 0 Å². The Labute approximate surface area is 873 Å². The topological polar surface area (TPSA) is 551 Å². The number of aliphatic hydroxyl groups excluding tert-OH is 4. The van der Waals surface area contributed by atoms with Crippen molar-refractivity contribution >= 4 is 101 Å². The second-order valence-corrected chi connectivity index (χ2v) is 27.0. The molecule has 0 saturated carbocycles. The second-order valence-electron chi connectivity index (χ2n) is 23.8. The Hall–Kier alpha value is -5.69. The van der Waals surface area contributed by atoms with Crippen LogP contribution in [0.15, 0.2) is 192 Å². The van der Waals surface area contributed by atoms with E-state index in [9.17, 15) is 85.8 Å². The molecule has 0 aliphatic carbocycles. The molecule has 0 radical (unpaired) electrons. The van der Waals surface area contributed by atoms with E-state index in [-0.39, 0.29) is 362 Å². The number of fused-ring (bicyclic) bond motifs is 4. The fraction of sp³-hybridized carbons (Fsp3) is 0.325. The summed E-state index contributed by atoms with van der Waals surface area (Å²) in [7, 11) is -7.48. The van der Waals surface area contributed by atoms with Crippen molar-refractivity contribution in [3.8, 4) is 23.0 Å². The summed E-state index contributed by atoms with van der Waals surface area (Å²) in [6, 6.07) is 35.0. The molecule has 6 N–H and O–H groups in total. The predicted molar refractivity (Wildman–Crippen MR) is 418 cm³/mol. The van der Waals surface area contributed by atoms with Gasteiger partial charge in [0.15, 0.2) is 21.7 Å². The van der Waals surface area contributed by atoms with Crippen LogP contribution in [0.4, 0.5) is 0 Å². The van der Waals surface area contributed by atoms with Crippen LogP contribution in [0.1, 0.15) is 137 Å². The largest absolute Gasteiger partial charge is 1.00 e. The van der Waals surface area contributed by atoms with Crippen LogP contribution in [0.3, 0.4) is 0 Å². The first-order valence-corrected chi connectivity index (χ1v) is 38.6. The average molecular weight is 1850 g/mol. The molecule has 0 saturated heterocycles. The molecule has 0 spiro atoms. The van der Waals surface area contributed by atoms with E-state index in [4.69, 9.17) is 74.6 Å². The summed E-state index contributed by atoms with van der Waals surface area (Å²) >= 11 is 0. The first-order valence-electron chi connectivity index (χ1n) is 35.8. The molecule has 4 atom stereocenters. The van der Waals surface area contributed by atoms with Gasteiger partial charge in [-0.05, 0) is 152 Å². The van der Waals surface area contributed by atoms with E-state index < -0.39 is 84.8 Å². The second kappa shape index (κ2) is 63.3. The van der Waals surface area contributed by atoms with Crippen LogP contribution < -0.4 is 247 Å². The number of aromatic hydroxyl groups is 2. The number of rotatable bonds is 28. The third kappa shape index (κ3) is 41.4. The zero-order valence-corrected chi connectivity index (χ0v) is 83.7. The van der Waals surface area contributed by atoms with E-state index >= 15 is 0 Å². The van der Waals surface area contributed by atoms with E-state index in [0.717, 1.165) is 35.4 Å². The molecule has 4 heterocycles. The minimum absolute atomic E-state index is 0. The van der Waals surface area contributed by atoms with Gasteiger partial charge in [-0.2, -0.15) is 16.8 Å².